The van der Waals surface area contributed by atoms with Gasteiger partial charge in [0, 0.05) is 17.5 Å². The van der Waals surface area contributed by atoms with Gasteiger partial charge >= 0.3 is 0 Å². The van der Waals surface area contributed by atoms with Crippen LogP contribution in [0.5, 0.6) is 0 Å². The zero-order valence-electron chi connectivity index (χ0n) is 11.0. The van der Waals surface area contributed by atoms with Gasteiger partial charge in [0.15, 0.2) is 0 Å². The molecule has 0 unspecified atom stereocenters. The number of rotatable bonds is 4. The van der Waals surface area contributed by atoms with Crippen LogP contribution in [0.4, 0.5) is 5.69 Å². The molecule has 2 aromatic rings. The predicted octanol–water partition coefficient (Wildman–Crippen LogP) is 2.48. The van der Waals surface area contributed by atoms with Gasteiger partial charge in [-0.3, -0.25) is 9.71 Å². The molecule has 0 saturated carbocycles. The van der Waals surface area contributed by atoms with E-state index in [4.69, 9.17) is 29.6 Å². The van der Waals surface area contributed by atoms with Gasteiger partial charge in [0.2, 0.25) is 0 Å². The number of hydrogen-bond acceptors (Lipinski definition) is 4. The fraction of sp³-hybridized carbons (Fsp3) is 0.0769. The van der Waals surface area contributed by atoms with Crippen molar-refractivity contribution < 1.29 is 8.42 Å². The second kappa shape index (κ2) is 5.97. The van der Waals surface area contributed by atoms with Crippen LogP contribution in [0.25, 0.3) is 0 Å². The Hall–Kier alpha value is -1.70. The number of nitrogens with one attached hydrogen (secondary N) is 1. The number of benzene rings is 1. The number of sulfonamides is 1. The van der Waals surface area contributed by atoms with Crippen molar-refractivity contribution in [3.05, 3.63) is 52.8 Å². The second-order valence-electron chi connectivity index (χ2n) is 4.30. The molecular weight excluding hydrogens is 330 g/mol. The molecule has 110 valence electrons. The van der Waals surface area contributed by atoms with Crippen molar-refractivity contribution in [1.29, 1.82) is 0 Å². The lowest BCUT2D eigenvalue weighted by Gasteiger charge is -2.10. The topological polar surface area (TPSA) is 85.1 Å². The summed E-state index contributed by atoms with van der Waals surface area (Å²) in [5, 5.41) is 0.191. The summed E-state index contributed by atoms with van der Waals surface area (Å²) in [4.78, 5) is 4.15. The third-order valence-corrected chi connectivity index (χ3v) is 4.58. The first kappa shape index (κ1) is 15.7. The molecule has 0 bridgehead atoms. The summed E-state index contributed by atoms with van der Waals surface area (Å²) in [5.41, 5.74) is 7.06. The molecule has 1 heterocycles. The van der Waals surface area contributed by atoms with E-state index < -0.39 is 10.0 Å². The van der Waals surface area contributed by atoms with E-state index in [1.165, 1.54) is 24.4 Å². The highest BCUT2D eigenvalue weighted by Crippen LogP contribution is 2.22. The molecule has 1 aromatic heterocycles. The maximum atomic E-state index is 12.3. The summed E-state index contributed by atoms with van der Waals surface area (Å²) in [6.07, 6.45) is 1.52. The lowest BCUT2D eigenvalue weighted by Crippen LogP contribution is -2.15. The number of nitrogens with two attached hydrogens (primary N) is 1. The average molecular weight is 342 g/mol. The summed E-state index contributed by atoms with van der Waals surface area (Å²) < 4.78 is 27.0. The Bertz CT molecular complexity index is 807. The molecule has 0 fully saturated rings. The highest BCUT2D eigenvalue weighted by molar-refractivity contribution is 7.92. The van der Waals surface area contributed by atoms with Crippen molar-refractivity contribution in [3.8, 4) is 0 Å². The van der Waals surface area contributed by atoms with Gasteiger partial charge < -0.3 is 5.73 Å². The molecule has 1 aromatic carbocycles. The normalized spacial score (nSPS) is 11.1. The van der Waals surface area contributed by atoms with E-state index in [2.05, 4.69) is 9.71 Å². The third-order valence-electron chi connectivity index (χ3n) is 2.67. The standard InChI is InChI=1S/C13H12ClN3O2S2/c1-8-6-9(4-5-16-8)17-21(18,19)10-2-3-11(13(15)20)12(14)7-10/h2-7H,1H3,(H2,15,20)(H,16,17). The number of aryl methyl sites for hydroxylation is 1. The second-order valence-corrected chi connectivity index (χ2v) is 6.83. The van der Waals surface area contributed by atoms with E-state index in [1.54, 1.807) is 19.1 Å². The van der Waals surface area contributed by atoms with Crippen LogP contribution >= 0.6 is 23.8 Å². The van der Waals surface area contributed by atoms with Crippen LogP contribution in [0, 0.1) is 6.92 Å². The van der Waals surface area contributed by atoms with Crippen molar-refractivity contribution >= 4 is 44.5 Å². The average Bonchev–Trinajstić information content (AvgIpc) is 2.37. The first-order chi connectivity index (χ1) is 9.79. The highest BCUT2D eigenvalue weighted by Gasteiger charge is 2.16. The van der Waals surface area contributed by atoms with Crippen LogP contribution in [-0.2, 0) is 10.0 Å². The zero-order chi connectivity index (χ0) is 15.6. The largest absolute Gasteiger partial charge is 0.389 e. The Labute approximate surface area is 133 Å². The first-order valence-electron chi connectivity index (χ1n) is 5.84. The fourth-order valence-electron chi connectivity index (χ4n) is 1.69. The number of thiocarbonyl (C=S) groups is 1. The van der Waals surface area contributed by atoms with E-state index in [9.17, 15) is 8.42 Å². The van der Waals surface area contributed by atoms with Crippen LogP contribution in [0.2, 0.25) is 5.02 Å². The molecule has 0 atom stereocenters. The number of halogens is 1. The van der Waals surface area contributed by atoms with E-state index in [-0.39, 0.29) is 14.9 Å². The molecular formula is C13H12ClN3O2S2. The minimum atomic E-state index is -3.74. The molecule has 0 aliphatic rings. The SMILES string of the molecule is Cc1cc(NS(=O)(=O)c2ccc(C(N)=S)c(Cl)c2)ccn1. The molecule has 0 aliphatic heterocycles. The maximum absolute atomic E-state index is 12.3. The number of hydrogen-bond donors (Lipinski definition) is 2. The van der Waals surface area contributed by atoms with E-state index >= 15 is 0 Å². The molecule has 2 rings (SSSR count). The Morgan fingerprint density at radius 1 is 1.33 bits per heavy atom. The van der Waals surface area contributed by atoms with Gasteiger partial charge in [-0.2, -0.15) is 0 Å². The summed E-state index contributed by atoms with van der Waals surface area (Å²) in [5.74, 6) is 0. The number of aromatic nitrogens is 1. The number of pyridine rings is 1. The summed E-state index contributed by atoms with van der Waals surface area (Å²) in [7, 11) is -3.74. The van der Waals surface area contributed by atoms with Gasteiger partial charge in [-0.05, 0) is 37.3 Å². The molecule has 0 spiro atoms. The van der Waals surface area contributed by atoms with Crippen molar-refractivity contribution in [1.82, 2.24) is 4.98 Å². The number of nitrogens with zero attached hydrogens (tertiary/aromatic N) is 1. The monoisotopic (exact) mass is 341 g/mol. The smallest absolute Gasteiger partial charge is 0.261 e. The molecule has 5 nitrogen and oxygen atoms in total. The van der Waals surface area contributed by atoms with Crippen molar-refractivity contribution in [2.24, 2.45) is 5.73 Å². The fourth-order valence-corrected chi connectivity index (χ4v) is 3.34. The summed E-state index contributed by atoms with van der Waals surface area (Å²) >= 11 is 10.8. The lowest BCUT2D eigenvalue weighted by atomic mass is 10.2. The minimum absolute atomic E-state index is 0.0296. The Morgan fingerprint density at radius 3 is 2.62 bits per heavy atom. The Balaban J connectivity index is 2.36. The highest BCUT2D eigenvalue weighted by atomic mass is 35.5. The molecule has 3 N–H and O–H groups in total. The van der Waals surface area contributed by atoms with Gasteiger partial charge in [-0.25, -0.2) is 8.42 Å². The van der Waals surface area contributed by atoms with E-state index in [0.29, 0.717) is 16.9 Å². The van der Waals surface area contributed by atoms with E-state index in [0.717, 1.165) is 0 Å². The van der Waals surface area contributed by atoms with Crippen molar-refractivity contribution in [3.63, 3.8) is 0 Å². The lowest BCUT2D eigenvalue weighted by molar-refractivity contribution is 0.601. The van der Waals surface area contributed by atoms with Crippen molar-refractivity contribution in [2.75, 3.05) is 4.72 Å². The molecule has 0 aliphatic carbocycles. The quantitative estimate of drug-likeness (QED) is 0.834. The minimum Gasteiger partial charge on any atom is -0.389 e. The predicted molar refractivity (Wildman–Crippen MR) is 87.1 cm³/mol. The zero-order valence-corrected chi connectivity index (χ0v) is 13.4. The van der Waals surface area contributed by atoms with Gasteiger partial charge in [0.05, 0.1) is 15.6 Å². The van der Waals surface area contributed by atoms with Crippen LogP contribution in [-0.4, -0.2) is 18.4 Å². The van der Waals surface area contributed by atoms with Gasteiger partial charge in [-0.1, -0.05) is 23.8 Å². The summed E-state index contributed by atoms with van der Waals surface area (Å²) in [6, 6.07) is 7.39. The van der Waals surface area contributed by atoms with Crippen LogP contribution in [0.1, 0.15) is 11.3 Å². The molecule has 8 heteroatoms. The van der Waals surface area contributed by atoms with Crippen LogP contribution in [0.3, 0.4) is 0 Å². The van der Waals surface area contributed by atoms with Gasteiger partial charge in [-0.15, -0.1) is 0 Å². The summed E-state index contributed by atoms with van der Waals surface area (Å²) in [6.45, 7) is 1.77. The number of anilines is 1. The van der Waals surface area contributed by atoms with Gasteiger partial charge in [0.25, 0.3) is 10.0 Å². The third kappa shape index (κ3) is 3.69. The van der Waals surface area contributed by atoms with Crippen molar-refractivity contribution in [2.45, 2.75) is 11.8 Å². The van der Waals surface area contributed by atoms with Crippen LogP contribution in [0.15, 0.2) is 41.4 Å². The Kier molecular flexibility index (Phi) is 4.46. The maximum Gasteiger partial charge on any atom is 0.261 e. The Morgan fingerprint density at radius 2 is 2.05 bits per heavy atom. The van der Waals surface area contributed by atoms with Gasteiger partial charge in [0.1, 0.15) is 4.99 Å². The molecule has 21 heavy (non-hydrogen) atoms. The molecule has 0 saturated heterocycles. The van der Waals surface area contributed by atoms with Crippen LogP contribution < -0.4 is 10.5 Å². The molecule has 0 amide bonds. The molecule has 0 radical (unpaired) electrons. The van der Waals surface area contributed by atoms with E-state index in [1.807, 2.05) is 0 Å². The first-order valence-corrected chi connectivity index (χ1v) is 8.11.